The van der Waals surface area contributed by atoms with E-state index in [1.54, 1.807) is 4.90 Å². The molecule has 2 atom stereocenters. The molecule has 3 aliphatic heterocycles. The summed E-state index contributed by atoms with van der Waals surface area (Å²) < 4.78 is 39.2. The van der Waals surface area contributed by atoms with E-state index in [1.807, 2.05) is 12.1 Å². The zero-order chi connectivity index (χ0) is 16.2. The van der Waals surface area contributed by atoms with Crippen molar-refractivity contribution in [2.75, 3.05) is 26.2 Å². The second-order valence-corrected chi connectivity index (χ2v) is 8.08. The minimum absolute atomic E-state index is 0.234. The summed E-state index contributed by atoms with van der Waals surface area (Å²) in [5.41, 5.74) is 1.27. The largest absolute Gasteiger partial charge is 0.401 e. The fourth-order valence-corrected chi connectivity index (χ4v) is 4.50. The SMILES string of the molecule is FC(F)(F)CN1CC2C(c3ccc(Br)cc3)C(C1)N2CC1CC1. The number of piperazine rings is 1. The van der Waals surface area contributed by atoms with Gasteiger partial charge in [0, 0.05) is 42.1 Å². The van der Waals surface area contributed by atoms with Crippen molar-refractivity contribution in [3.8, 4) is 0 Å². The van der Waals surface area contributed by atoms with Crippen LogP contribution < -0.4 is 0 Å². The third-order valence-electron chi connectivity index (χ3n) is 5.40. The Morgan fingerprint density at radius 3 is 2.17 bits per heavy atom. The first-order valence-corrected chi connectivity index (χ1v) is 9.00. The number of hydrogen-bond donors (Lipinski definition) is 0. The van der Waals surface area contributed by atoms with Gasteiger partial charge in [-0.25, -0.2) is 0 Å². The lowest BCUT2D eigenvalue weighted by Gasteiger charge is -2.62. The maximum atomic E-state index is 12.7. The lowest BCUT2D eigenvalue weighted by molar-refractivity contribution is -0.172. The van der Waals surface area contributed by atoms with Crippen molar-refractivity contribution < 1.29 is 13.2 Å². The average molecular weight is 389 g/mol. The van der Waals surface area contributed by atoms with Gasteiger partial charge in [0.15, 0.2) is 0 Å². The molecule has 0 radical (unpaired) electrons. The molecule has 5 rings (SSSR count). The summed E-state index contributed by atoms with van der Waals surface area (Å²) in [6.45, 7) is 1.36. The highest BCUT2D eigenvalue weighted by molar-refractivity contribution is 9.10. The fourth-order valence-electron chi connectivity index (χ4n) is 4.24. The molecule has 4 aliphatic rings. The lowest BCUT2D eigenvalue weighted by Crippen LogP contribution is -2.74. The van der Waals surface area contributed by atoms with Crippen molar-refractivity contribution in [3.63, 3.8) is 0 Å². The monoisotopic (exact) mass is 388 g/mol. The molecule has 2 bridgehead atoms. The van der Waals surface area contributed by atoms with Gasteiger partial charge in [-0.05, 0) is 36.5 Å². The highest BCUT2D eigenvalue weighted by atomic mass is 79.9. The van der Waals surface area contributed by atoms with E-state index in [0.29, 0.717) is 19.0 Å². The van der Waals surface area contributed by atoms with Crippen LogP contribution in [0.5, 0.6) is 0 Å². The van der Waals surface area contributed by atoms with E-state index in [9.17, 15) is 13.2 Å². The zero-order valence-corrected chi connectivity index (χ0v) is 14.4. The van der Waals surface area contributed by atoms with Crippen molar-refractivity contribution in [1.82, 2.24) is 9.80 Å². The molecular formula is C17H20BrF3N2. The second kappa shape index (κ2) is 5.74. The number of piperidine rings is 1. The van der Waals surface area contributed by atoms with Gasteiger partial charge in [0.2, 0.25) is 0 Å². The van der Waals surface area contributed by atoms with E-state index >= 15 is 0 Å². The Bertz CT molecular complexity index is 556. The van der Waals surface area contributed by atoms with Crippen LogP contribution in [-0.4, -0.2) is 54.2 Å². The maximum absolute atomic E-state index is 12.7. The van der Waals surface area contributed by atoms with Crippen LogP contribution >= 0.6 is 15.9 Å². The molecule has 3 heterocycles. The van der Waals surface area contributed by atoms with Gasteiger partial charge in [0.25, 0.3) is 0 Å². The molecule has 0 N–H and O–H groups in total. The fraction of sp³-hybridized carbons (Fsp3) is 0.647. The predicted octanol–water partition coefficient (Wildman–Crippen LogP) is 3.87. The van der Waals surface area contributed by atoms with Crippen molar-refractivity contribution >= 4 is 15.9 Å². The number of nitrogens with zero attached hydrogens (tertiary/aromatic N) is 2. The van der Waals surface area contributed by atoms with Crippen LogP contribution in [0, 0.1) is 5.92 Å². The third-order valence-corrected chi connectivity index (χ3v) is 5.92. The molecule has 1 aromatic carbocycles. The average Bonchev–Trinajstić information content (AvgIpc) is 3.28. The van der Waals surface area contributed by atoms with Gasteiger partial charge in [-0.15, -0.1) is 0 Å². The number of rotatable bonds is 4. The van der Waals surface area contributed by atoms with Crippen molar-refractivity contribution in [3.05, 3.63) is 34.3 Å². The molecule has 4 fully saturated rings. The second-order valence-electron chi connectivity index (χ2n) is 7.16. The molecule has 2 unspecified atom stereocenters. The van der Waals surface area contributed by atoms with Gasteiger partial charge in [0.05, 0.1) is 6.54 Å². The molecule has 0 aromatic heterocycles. The van der Waals surface area contributed by atoms with E-state index in [-0.39, 0.29) is 12.1 Å². The summed E-state index contributed by atoms with van der Waals surface area (Å²) in [7, 11) is 0. The van der Waals surface area contributed by atoms with Crippen molar-refractivity contribution in [2.45, 2.75) is 37.0 Å². The number of benzene rings is 1. The Balaban J connectivity index is 1.50. The topological polar surface area (TPSA) is 6.48 Å². The first-order chi connectivity index (χ1) is 10.9. The smallest absolute Gasteiger partial charge is 0.293 e. The highest BCUT2D eigenvalue weighted by Gasteiger charge is 2.55. The molecule has 0 amide bonds. The minimum Gasteiger partial charge on any atom is -0.293 e. The normalized spacial score (nSPS) is 31.9. The molecule has 2 nitrogen and oxygen atoms in total. The Morgan fingerprint density at radius 1 is 1.04 bits per heavy atom. The quantitative estimate of drug-likeness (QED) is 0.772. The van der Waals surface area contributed by atoms with Crippen LogP contribution in [0.2, 0.25) is 0 Å². The summed E-state index contributed by atoms with van der Waals surface area (Å²) >= 11 is 3.45. The Morgan fingerprint density at radius 2 is 1.65 bits per heavy atom. The van der Waals surface area contributed by atoms with Gasteiger partial charge in [-0.2, -0.15) is 13.2 Å². The Hall–Kier alpha value is -0.590. The summed E-state index contributed by atoms with van der Waals surface area (Å²) in [5.74, 6) is 1.16. The van der Waals surface area contributed by atoms with Crippen LogP contribution in [0.4, 0.5) is 13.2 Å². The van der Waals surface area contributed by atoms with Gasteiger partial charge < -0.3 is 0 Å². The number of fused-ring (bicyclic) bond motifs is 2. The van der Waals surface area contributed by atoms with Crippen LogP contribution in [0.25, 0.3) is 0 Å². The van der Waals surface area contributed by atoms with E-state index in [0.717, 1.165) is 16.9 Å². The standard InChI is InChI=1S/C17H20BrF3N2/c18-13-5-3-12(4-6-13)16-14-8-22(10-17(19,20)21)9-15(16)23(14)7-11-1-2-11/h3-6,11,14-16H,1-2,7-10H2. The molecule has 1 aromatic rings. The first kappa shape index (κ1) is 15.9. The van der Waals surface area contributed by atoms with Gasteiger partial charge >= 0.3 is 6.18 Å². The first-order valence-electron chi connectivity index (χ1n) is 8.21. The molecular weight excluding hydrogens is 369 g/mol. The number of halogens is 4. The van der Waals surface area contributed by atoms with Crippen LogP contribution in [-0.2, 0) is 0 Å². The zero-order valence-electron chi connectivity index (χ0n) is 12.8. The number of hydrogen-bond acceptors (Lipinski definition) is 2. The van der Waals surface area contributed by atoms with Crippen molar-refractivity contribution in [2.24, 2.45) is 5.92 Å². The predicted molar refractivity (Wildman–Crippen MR) is 86.4 cm³/mol. The Kier molecular flexibility index (Phi) is 3.97. The van der Waals surface area contributed by atoms with E-state index in [1.165, 1.54) is 18.4 Å². The molecule has 3 saturated heterocycles. The minimum atomic E-state index is -4.10. The molecule has 6 heteroatoms. The summed E-state index contributed by atoms with van der Waals surface area (Å²) in [6, 6.07) is 8.76. The molecule has 0 spiro atoms. The van der Waals surface area contributed by atoms with E-state index in [2.05, 4.69) is 33.0 Å². The van der Waals surface area contributed by atoms with Crippen molar-refractivity contribution in [1.29, 1.82) is 0 Å². The maximum Gasteiger partial charge on any atom is 0.401 e. The van der Waals surface area contributed by atoms with E-state index in [4.69, 9.17) is 0 Å². The molecule has 1 saturated carbocycles. The molecule has 126 valence electrons. The van der Waals surface area contributed by atoms with E-state index < -0.39 is 12.7 Å². The van der Waals surface area contributed by atoms with Gasteiger partial charge in [-0.3, -0.25) is 9.80 Å². The number of alkyl halides is 3. The molecule has 23 heavy (non-hydrogen) atoms. The summed E-state index contributed by atoms with van der Waals surface area (Å²) in [4.78, 5) is 4.06. The highest BCUT2D eigenvalue weighted by Crippen LogP contribution is 2.47. The van der Waals surface area contributed by atoms with Gasteiger partial charge in [-0.1, -0.05) is 28.1 Å². The van der Waals surface area contributed by atoms with Crippen LogP contribution in [0.1, 0.15) is 24.3 Å². The lowest BCUT2D eigenvalue weighted by atomic mass is 9.71. The van der Waals surface area contributed by atoms with Gasteiger partial charge in [0.1, 0.15) is 0 Å². The van der Waals surface area contributed by atoms with Crippen LogP contribution in [0.3, 0.4) is 0 Å². The van der Waals surface area contributed by atoms with Crippen LogP contribution in [0.15, 0.2) is 28.7 Å². The summed E-state index contributed by atoms with van der Waals surface area (Å²) in [5, 5.41) is 0. The molecule has 1 aliphatic carbocycles. The Labute approximate surface area is 142 Å². The third kappa shape index (κ3) is 3.30. The summed E-state index contributed by atoms with van der Waals surface area (Å²) in [6.07, 6.45) is -1.53.